The highest BCUT2D eigenvalue weighted by Gasteiger charge is 2.14. The molecule has 0 fully saturated rings. The first kappa shape index (κ1) is 12.3. The first-order chi connectivity index (χ1) is 8.49. The molecule has 5 heteroatoms. The van der Waals surface area contributed by atoms with Gasteiger partial charge in [-0.05, 0) is 17.7 Å². The molecule has 0 spiro atoms. The normalized spacial score (nSPS) is 10.9. The number of halogens is 1. The Labute approximate surface area is 103 Å². The van der Waals surface area contributed by atoms with E-state index in [1.165, 1.54) is 24.3 Å². The third-order valence-corrected chi connectivity index (χ3v) is 2.60. The van der Waals surface area contributed by atoms with Gasteiger partial charge in [0.25, 0.3) is 5.56 Å². The van der Waals surface area contributed by atoms with Crippen LogP contribution in [0.4, 0.5) is 4.39 Å². The number of benzene rings is 1. The highest BCUT2D eigenvalue weighted by molar-refractivity contribution is 5.67. The molecule has 2 rings (SSSR count). The van der Waals surface area contributed by atoms with Crippen LogP contribution in [0.15, 0.2) is 29.1 Å². The van der Waals surface area contributed by atoms with Gasteiger partial charge in [-0.25, -0.2) is 4.39 Å². The smallest absolute Gasteiger partial charge is 0.262 e. The van der Waals surface area contributed by atoms with Crippen molar-refractivity contribution in [1.82, 2.24) is 9.97 Å². The molecule has 18 heavy (non-hydrogen) atoms. The number of nitrogens with zero attached hydrogens (tertiary/aromatic N) is 1. The number of aromatic amines is 1. The largest absolute Gasteiger partial charge is 0.493 e. The van der Waals surface area contributed by atoms with Crippen LogP contribution in [-0.2, 0) is 0 Å². The lowest BCUT2D eigenvalue weighted by Crippen LogP contribution is -2.14. The third-order valence-electron chi connectivity index (χ3n) is 2.60. The molecule has 1 aromatic heterocycles. The van der Waals surface area contributed by atoms with Crippen LogP contribution in [0.3, 0.4) is 0 Å². The standard InChI is InChI=1S/C13H13FN2O2/c1-7(2)11-15-12(17)10(13(18)16-11)8-3-5-9(14)6-4-8/h3-7H,1-2H3,(H2,15,16,17,18). The fourth-order valence-corrected chi connectivity index (χ4v) is 1.63. The van der Waals surface area contributed by atoms with Gasteiger partial charge >= 0.3 is 0 Å². The molecule has 0 bridgehead atoms. The summed E-state index contributed by atoms with van der Waals surface area (Å²) >= 11 is 0. The van der Waals surface area contributed by atoms with Crippen molar-refractivity contribution in [3.63, 3.8) is 0 Å². The van der Waals surface area contributed by atoms with E-state index in [0.717, 1.165) is 0 Å². The van der Waals surface area contributed by atoms with Gasteiger partial charge in [0.15, 0.2) is 0 Å². The molecule has 2 N–H and O–H groups in total. The van der Waals surface area contributed by atoms with Crippen LogP contribution in [0, 0.1) is 5.82 Å². The molecule has 0 saturated heterocycles. The predicted octanol–water partition coefficient (Wildman–Crippen LogP) is 2.40. The Hall–Kier alpha value is -2.17. The van der Waals surface area contributed by atoms with Gasteiger partial charge in [-0.2, -0.15) is 4.98 Å². The number of H-pyrrole nitrogens is 1. The fraction of sp³-hybridized carbons (Fsp3) is 0.231. The van der Waals surface area contributed by atoms with Crippen molar-refractivity contribution in [3.8, 4) is 17.0 Å². The van der Waals surface area contributed by atoms with Crippen molar-refractivity contribution < 1.29 is 9.50 Å². The lowest BCUT2D eigenvalue weighted by molar-refractivity contribution is 0.448. The topological polar surface area (TPSA) is 66.0 Å². The molecule has 0 atom stereocenters. The molecule has 1 heterocycles. The molecule has 0 saturated carbocycles. The quantitative estimate of drug-likeness (QED) is 0.857. The van der Waals surface area contributed by atoms with E-state index in [1.54, 1.807) is 0 Å². The second-order valence-electron chi connectivity index (χ2n) is 4.31. The zero-order valence-corrected chi connectivity index (χ0v) is 10.1. The minimum absolute atomic E-state index is 0.00543. The maximum Gasteiger partial charge on any atom is 0.262 e. The third kappa shape index (κ3) is 2.25. The number of aromatic nitrogens is 2. The van der Waals surface area contributed by atoms with E-state index in [-0.39, 0.29) is 17.4 Å². The Morgan fingerprint density at radius 2 is 1.89 bits per heavy atom. The SMILES string of the molecule is CC(C)c1nc(O)c(-c2ccc(F)cc2)c(=O)[nH]1. The number of nitrogens with one attached hydrogen (secondary N) is 1. The van der Waals surface area contributed by atoms with E-state index < -0.39 is 11.4 Å². The second-order valence-corrected chi connectivity index (χ2v) is 4.31. The molecule has 0 aliphatic heterocycles. The molecule has 1 aromatic carbocycles. The van der Waals surface area contributed by atoms with Crippen LogP contribution in [0.5, 0.6) is 5.88 Å². The van der Waals surface area contributed by atoms with Gasteiger partial charge in [-0.15, -0.1) is 0 Å². The van der Waals surface area contributed by atoms with Crippen LogP contribution in [0.1, 0.15) is 25.6 Å². The van der Waals surface area contributed by atoms with Gasteiger partial charge in [-0.3, -0.25) is 4.79 Å². The van der Waals surface area contributed by atoms with Gasteiger partial charge in [0, 0.05) is 5.92 Å². The summed E-state index contributed by atoms with van der Waals surface area (Å²) in [7, 11) is 0. The molecule has 2 aromatic rings. The summed E-state index contributed by atoms with van der Waals surface area (Å²) in [6.45, 7) is 3.71. The van der Waals surface area contributed by atoms with E-state index in [0.29, 0.717) is 11.4 Å². The minimum Gasteiger partial charge on any atom is -0.493 e. The van der Waals surface area contributed by atoms with E-state index in [4.69, 9.17) is 0 Å². The minimum atomic E-state index is -0.433. The Kier molecular flexibility index (Phi) is 3.14. The molecule has 94 valence electrons. The van der Waals surface area contributed by atoms with Crippen LogP contribution in [-0.4, -0.2) is 15.1 Å². The number of aromatic hydroxyl groups is 1. The molecule has 0 aliphatic rings. The molecule has 4 nitrogen and oxygen atoms in total. The van der Waals surface area contributed by atoms with E-state index >= 15 is 0 Å². The number of rotatable bonds is 2. The van der Waals surface area contributed by atoms with Crippen molar-refractivity contribution in [2.75, 3.05) is 0 Å². The lowest BCUT2D eigenvalue weighted by Gasteiger charge is -2.08. The van der Waals surface area contributed by atoms with E-state index in [9.17, 15) is 14.3 Å². The second kappa shape index (κ2) is 4.60. The summed E-state index contributed by atoms with van der Waals surface area (Å²) in [5.74, 6) is -0.315. The molecular formula is C13H13FN2O2. The van der Waals surface area contributed by atoms with Crippen LogP contribution in [0.25, 0.3) is 11.1 Å². The van der Waals surface area contributed by atoms with Crippen molar-refractivity contribution in [3.05, 3.63) is 46.3 Å². The summed E-state index contributed by atoms with van der Waals surface area (Å²) in [5.41, 5.74) is 0.0511. The molecule has 0 unspecified atom stereocenters. The zero-order valence-electron chi connectivity index (χ0n) is 10.1. The van der Waals surface area contributed by atoms with Crippen LogP contribution in [0.2, 0.25) is 0 Å². The van der Waals surface area contributed by atoms with Crippen LogP contribution < -0.4 is 5.56 Å². The first-order valence-corrected chi connectivity index (χ1v) is 5.58. The Morgan fingerprint density at radius 1 is 1.28 bits per heavy atom. The maximum atomic E-state index is 12.8. The van der Waals surface area contributed by atoms with Crippen molar-refractivity contribution >= 4 is 0 Å². The van der Waals surface area contributed by atoms with Gasteiger partial charge < -0.3 is 10.1 Å². The monoisotopic (exact) mass is 248 g/mol. The van der Waals surface area contributed by atoms with Crippen LogP contribution >= 0.6 is 0 Å². The summed E-state index contributed by atoms with van der Waals surface area (Å²) in [6, 6.07) is 5.31. The Bertz CT molecular complexity index is 618. The maximum absolute atomic E-state index is 12.8. The van der Waals surface area contributed by atoms with Crippen molar-refractivity contribution in [2.24, 2.45) is 0 Å². The van der Waals surface area contributed by atoms with Crippen molar-refractivity contribution in [2.45, 2.75) is 19.8 Å². The predicted molar refractivity (Wildman–Crippen MR) is 66.0 cm³/mol. The fourth-order valence-electron chi connectivity index (χ4n) is 1.63. The Balaban J connectivity index is 2.59. The highest BCUT2D eigenvalue weighted by atomic mass is 19.1. The lowest BCUT2D eigenvalue weighted by atomic mass is 10.1. The van der Waals surface area contributed by atoms with E-state index in [2.05, 4.69) is 9.97 Å². The average Bonchev–Trinajstić information content (AvgIpc) is 2.30. The Morgan fingerprint density at radius 3 is 2.39 bits per heavy atom. The van der Waals surface area contributed by atoms with E-state index in [1.807, 2.05) is 13.8 Å². The summed E-state index contributed by atoms with van der Waals surface area (Å²) in [5, 5.41) is 9.82. The summed E-state index contributed by atoms with van der Waals surface area (Å²) in [6.07, 6.45) is 0. The summed E-state index contributed by atoms with van der Waals surface area (Å²) < 4.78 is 12.8. The van der Waals surface area contributed by atoms with Gasteiger partial charge in [0.05, 0.1) is 0 Å². The molecular weight excluding hydrogens is 235 g/mol. The van der Waals surface area contributed by atoms with Gasteiger partial charge in [0.2, 0.25) is 5.88 Å². The molecule has 0 amide bonds. The van der Waals surface area contributed by atoms with Crippen molar-refractivity contribution in [1.29, 1.82) is 0 Å². The first-order valence-electron chi connectivity index (χ1n) is 5.58. The average molecular weight is 248 g/mol. The zero-order chi connectivity index (χ0) is 13.3. The highest BCUT2D eigenvalue weighted by Crippen LogP contribution is 2.24. The number of hydrogen-bond donors (Lipinski definition) is 2. The summed E-state index contributed by atoms with van der Waals surface area (Å²) in [4.78, 5) is 18.4. The number of hydrogen-bond acceptors (Lipinski definition) is 3. The molecule has 0 radical (unpaired) electrons. The van der Waals surface area contributed by atoms with Gasteiger partial charge in [-0.1, -0.05) is 26.0 Å². The molecule has 0 aliphatic carbocycles. The van der Waals surface area contributed by atoms with Gasteiger partial charge in [0.1, 0.15) is 17.2 Å².